The molecule has 1 aromatic carbocycles. The smallest absolute Gasteiger partial charge is 0.207 e. The molecule has 5 heteroatoms. The first-order valence-electron chi connectivity index (χ1n) is 10.2. The van der Waals surface area contributed by atoms with Gasteiger partial charge in [-0.25, -0.2) is 0 Å². The van der Waals surface area contributed by atoms with Gasteiger partial charge in [-0.1, -0.05) is 18.2 Å². The average Bonchev–Trinajstić information content (AvgIpc) is 3.26. The number of hydrogen-bond acceptors (Lipinski definition) is 5. The molecular weight excluding hydrogens is 342 g/mol. The molecule has 2 aliphatic carbocycles. The van der Waals surface area contributed by atoms with Crippen molar-refractivity contribution in [2.24, 2.45) is 0 Å². The molecule has 6 rings (SSSR count). The van der Waals surface area contributed by atoms with Gasteiger partial charge in [-0.3, -0.25) is 4.90 Å². The number of fused-ring (bicyclic) bond motifs is 1. The van der Waals surface area contributed by atoms with Gasteiger partial charge in [0.1, 0.15) is 5.75 Å². The number of ether oxygens (including phenoxy) is 3. The number of likely N-dealkylation sites (tertiary alicyclic amines) is 1. The molecule has 1 N–H and O–H groups in total. The average molecular weight is 369 g/mol. The second-order valence-electron chi connectivity index (χ2n) is 8.90. The maximum atomic E-state index is 12.3. The summed E-state index contributed by atoms with van der Waals surface area (Å²) in [5.41, 5.74) is 2.41. The van der Waals surface area contributed by atoms with E-state index in [1.807, 2.05) is 6.08 Å². The van der Waals surface area contributed by atoms with E-state index in [9.17, 15) is 5.11 Å². The van der Waals surface area contributed by atoms with Crippen molar-refractivity contribution in [2.75, 3.05) is 26.3 Å². The van der Waals surface area contributed by atoms with Gasteiger partial charge in [-0.15, -0.1) is 6.58 Å². The Morgan fingerprint density at radius 3 is 2.85 bits per heavy atom. The lowest BCUT2D eigenvalue weighted by molar-refractivity contribution is -0.296. The molecule has 2 bridgehead atoms. The van der Waals surface area contributed by atoms with E-state index in [-0.39, 0.29) is 12.1 Å². The molecule has 0 radical (unpaired) electrons. The first-order chi connectivity index (χ1) is 13.1. The molecule has 5 aliphatic rings. The Labute approximate surface area is 159 Å². The van der Waals surface area contributed by atoms with Gasteiger partial charge in [0.25, 0.3) is 0 Å². The minimum Gasteiger partial charge on any atom is -0.483 e. The first-order valence-corrected chi connectivity index (χ1v) is 10.2. The zero-order chi connectivity index (χ0) is 18.4. The van der Waals surface area contributed by atoms with Crippen LogP contribution >= 0.6 is 0 Å². The SMILES string of the molecule is C=CCN1CC[C@]23c4c5ccc(C)c4OC2C2(CCC3(O)[C@H]1C5)OCCO2. The Bertz CT molecular complexity index is 832. The summed E-state index contributed by atoms with van der Waals surface area (Å²) in [6, 6.07) is 4.47. The summed E-state index contributed by atoms with van der Waals surface area (Å²) in [4.78, 5) is 2.41. The number of hydrogen-bond donors (Lipinski definition) is 1. The lowest BCUT2D eigenvalue weighted by Gasteiger charge is -2.65. The molecule has 2 saturated heterocycles. The third-order valence-corrected chi connectivity index (χ3v) is 7.94. The molecule has 5 nitrogen and oxygen atoms in total. The van der Waals surface area contributed by atoms with Crippen LogP contribution in [0.25, 0.3) is 0 Å². The number of nitrogens with zero attached hydrogens (tertiary/aromatic N) is 1. The topological polar surface area (TPSA) is 51.2 Å². The molecule has 2 spiro atoms. The number of aryl methyl sites for hydroxylation is 1. The molecule has 4 atom stereocenters. The van der Waals surface area contributed by atoms with Crippen LogP contribution in [-0.4, -0.2) is 59.8 Å². The second-order valence-corrected chi connectivity index (χ2v) is 8.90. The van der Waals surface area contributed by atoms with E-state index in [2.05, 4.69) is 30.5 Å². The molecule has 1 aromatic rings. The van der Waals surface area contributed by atoms with E-state index < -0.39 is 16.8 Å². The van der Waals surface area contributed by atoms with Crippen LogP contribution in [0.5, 0.6) is 5.75 Å². The highest BCUT2D eigenvalue weighted by molar-refractivity contribution is 5.60. The number of benzene rings is 1. The van der Waals surface area contributed by atoms with Crippen molar-refractivity contribution in [2.45, 2.75) is 61.6 Å². The number of aliphatic hydroxyl groups is 1. The monoisotopic (exact) mass is 369 g/mol. The normalized spacial score (nSPS) is 40.7. The van der Waals surface area contributed by atoms with Crippen LogP contribution in [-0.2, 0) is 21.3 Å². The molecule has 144 valence electrons. The fourth-order valence-electron chi connectivity index (χ4n) is 6.89. The zero-order valence-electron chi connectivity index (χ0n) is 15.9. The summed E-state index contributed by atoms with van der Waals surface area (Å²) >= 11 is 0. The Morgan fingerprint density at radius 1 is 1.26 bits per heavy atom. The maximum absolute atomic E-state index is 12.3. The summed E-state index contributed by atoms with van der Waals surface area (Å²) in [6.45, 7) is 8.98. The summed E-state index contributed by atoms with van der Waals surface area (Å²) in [7, 11) is 0. The van der Waals surface area contributed by atoms with Gasteiger partial charge < -0.3 is 19.3 Å². The van der Waals surface area contributed by atoms with Crippen molar-refractivity contribution in [3.63, 3.8) is 0 Å². The summed E-state index contributed by atoms with van der Waals surface area (Å²) < 4.78 is 19.1. The van der Waals surface area contributed by atoms with Gasteiger partial charge in [-0.2, -0.15) is 0 Å². The van der Waals surface area contributed by atoms with Gasteiger partial charge in [0.05, 0.1) is 24.2 Å². The number of rotatable bonds is 2. The van der Waals surface area contributed by atoms with Crippen molar-refractivity contribution in [1.82, 2.24) is 4.90 Å². The molecule has 0 amide bonds. The third-order valence-electron chi connectivity index (χ3n) is 7.94. The van der Waals surface area contributed by atoms with Crippen LogP contribution in [0, 0.1) is 6.92 Å². The van der Waals surface area contributed by atoms with E-state index in [1.54, 1.807) is 0 Å². The molecule has 0 aromatic heterocycles. The van der Waals surface area contributed by atoms with Gasteiger partial charge in [0.15, 0.2) is 6.10 Å². The lowest BCUT2D eigenvalue weighted by Crippen LogP contribution is -2.79. The van der Waals surface area contributed by atoms with E-state index >= 15 is 0 Å². The molecule has 2 unspecified atom stereocenters. The van der Waals surface area contributed by atoms with E-state index in [0.717, 1.165) is 37.2 Å². The predicted octanol–water partition coefficient (Wildman–Crippen LogP) is 2.08. The largest absolute Gasteiger partial charge is 0.483 e. The van der Waals surface area contributed by atoms with Gasteiger partial charge >= 0.3 is 0 Å². The Hall–Kier alpha value is -1.40. The fraction of sp³-hybridized carbons (Fsp3) is 0.636. The number of piperidine rings is 1. The highest BCUT2D eigenvalue weighted by atomic mass is 16.8. The maximum Gasteiger partial charge on any atom is 0.207 e. The van der Waals surface area contributed by atoms with Crippen LogP contribution < -0.4 is 4.74 Å². The molecule has 27 heavy (non-hydrogen) atoms. The fourth-order valence-corrected chi connectivity index (χ4v) is 6.89. The summed E-state index contributed by atoms with van der Waals surface area (Å²) in [5.74, 6) is 0.240. The third kappa shape index (κ3) is 1.71. The van der Waals surface area contributed by atoms with Crippen LogP contribution in [0.3, 0.4) is 0 Å². The highest BCUT2D eigenvalue weighted by Gasteiger charge is 2.77. The minimum absolute atomic E-state index is 0.0789. The highest BCUT2D eigenvalue weighted by Crippen LogP contribution is 2.67. The predicted molar refractivity (Wildman–Crippen MR) is 100.0 cm³/mol. The summed E-state index contributed by atoms with van der Waals surface area (Å²) in [5, 5.41) is 12.3. The molecule has 1 saturated carbocycles. The lowest BCUT2D eigenvalue weighted by atomic mass is 9.48. The Morgan fingerprint density at radius 2 is 2.07 bits per heavy atom. The van der Waals surface area contributed by atoms with Crippen LogP contribution in [0.2, 0.25) is 0 Å². The first kappa shape index (κ1) is 16.5. The second kappa shape index (κ2) is 5.15. The van der Waals surface area contributed by atoms with E-state index in [4.69, 9.17) is 14.2 Å². The van der Waals surface area contributed by atoms with Gasteiger partial charge in [-0.05, 0) is 43.9 Å². The van der Waals surface area contributed by atoms with Crippen LogP contribution in [0.1, 0.15) is 36.0 Å². The standard InChI is InChI=1S/C22H27NO4/c1-3-9-23-10-8-20-17-15-5-4-14(2)18(17)27-19(20)22(25-11-12-26-22)7-6-21(20,24)16(23)13-15/h3-5,16,19,24H,1,6-13H2,2H3/t16-,19?,20+,21?/m1/s1. The Kier molecular flexibility index (Phi) is 3.15. The van der Waals surface area contributed by atoms with E-state index in [0.29, 0.717) is 26.1 Å². The van der Waals surface area contributed by atoms with Crippen molar-refractivity contribution in [1.29, 1.82) is 0 Å². The molecule has 3 aliphatic heterocycles. The zero-order valence-corrected chi connectivity index (χ0v) is 15.9. The van der Waals surface area contributed by atoms with Crippen LogP contribution in [0.4, 0.5) is 0 Å². The Balaban J connectivity index is 1.61. The minimum atomic E-state index is -0.828. The van der Waals surface area contributed by atoms with Crippen molar-refractivity contribution < 1.29 is 19.3 Å². The van der Waals surface area contributed by atoms with Crippen LogP contribution in [0.15, 0.2) is 24.8 Å². The molecular formula is C22H27NO4. The molecule has 3 heterocycles. The van der Waals surface area contributed by atoms with Crippen molar-refractivity contribution in [3.8, 4) is 5.75 Å². The van der Waals surface area contributed by atoms with Gasteiger partial charge in [0, 0.05) is 24.6 Å². The van der Waals surface area contributed by atoms with Crippen molar-refractivity contribution in [3.05, 3.63) is 41.5 Å². The van der Waals surface area contributed by atoms with E-state index in [1.165, 1.54) is 11.1 Å². The molecule has 3 fully saturated rings. The quantitative estimate of drug-likeness (QED) is 0.809. The van der Waals surface area contributed by atoms with Gasteiger partial charge in [0.2, 0.25) is 5.79 Å². The summed E-state index contributed by atoms with van der Waals surface area (Å²) in [6.07, 6.45) is 4.74. The van der Waals surface area contributed by atoms with Crippen molar-refractivity contribution >= 4 is 0 Å².